The minimum atomic E-state index is -0.458. The van der Waals surface area contributed by atoms with E-state index in [0.29, 0.717) is 19.8 Å². The molecule has 0 bridgehead atoms. The van der Waals surface area contributed by atoms with E-state index in [4.69, 9.17) is 18.9 Å². The number of carbonyl (C=O) groups excluding carboxylic acids is 1. The van der Waals surface area contributed by atoms with Gasteiger partial charge in [0.05, 0.1) is 13.2 Å². The fraction of sp³-hybridized carbons (Fsp3) is 0.947. The summed E-state index contributed by atoms with van der Waals surface area (Å²) in [6.45, 7) is 7.87. The van der Waals surface area contributed by atoms with E-state index in [-0.39, 0.29) is 25.1 Å². The molecule has 1 amide bonds. The highest BCUT2D eigenvalue weighted by molar-refractivity contribution is 5.67. The Morgan fingerprint density at radius 1 is 1.23 bits per heavy atom. The monoisotopic (exact) mass is 375 g/mol. The summed E-state index contributed by atoms with van der Waals surface area (Å²) in [5.41, 5.74) is -0.458. The summed E-state index contributed by atoms with van der Waals surface area (Å²) in [7, 11) is 0. The molecule has 0 aromatic heterocycles. The number of nitrogens with one attached hydrogen (secondary N) is 1. The number of hydrogen-bond donors (Lipinski definition) is 2. The first kappa shape index (κ1) is 23.1. The lowest BCUT2D eigenvalue weighted by molar-refractivity contribution is -0.204. The zero-order valence-corrected chi connectivity index (χ0v) is 16.6. The third kappa shape index (κ3) is 12.5. The van der Waals surface area contributed by atoms with Crippen LogP contribution >= 0.6 is 0 Å². The van der Waals surface area contributed by atoms with Crippen molar-refractivity contribution in [2.24, 2.45) is 0 Å². The lowest BCUT2D eigenvalue weighted by Gasteiger charge is -2.26. The molecule has 0 aromatic carbocycles. The molecule has 0 saturated carbocycles. The number of carbonyl (C=O) groups is 1. The Morgan fingerprint density at radius 3 is 2.65 bits per heavy atom. The van der Waals surface area contributed by atoms with Gasteiger partial charge in [-0.2, -0.15) is 0 Å². The maximum atomic E-state index is 11.5. The highest BCUT2D eigenvalue weighted by Gasteiger charge is 2.19. The van der Waals surface area contributed by atoms with Crippen LogP contribution in [0.2, 0.25) is 0 Å². The fourth-order valence-electron chi connectivity index (χ4n) is 2.57. The largest absolute Gasteiger partial charge is 0.444 e. The predicted molar refractivity (Wildman–Crippen MR) is 99.1 cm³/mol. The molecule has 154 valence electrons. The molecule has 1 aliphatic rings. The molecule has 0 aromatic rings. The summed E-state index contributed by atoms with van der Waals surface area (Å²) in [5.74, 6) is 0. The van der Waals surface area contributed by atoms with E-state index in [1.807, 2.05) is 20.8 Å². The van der Waals surface area contributed by atoms with Gasteiger partial charge in [-0.05, 0) is 52.9 Å². The molecule has 1 heterocycles. The van der Waals surface area contributed by atoms with Gasteiger partial charge < -0.3 is 29.4 Å². The van der Waals surface area contributed by atoms with Crippen molar-refractivity contribution in [3.8, 4) is 0 Å². The topological polar surface area (TPSA) is 86.3 Å². The molecule has 1 rings (SSSR count). The van der Waals surface area contributed by atoms with Crippen LogP contribution in [0, 0.1) is 0 Å². The molecule has 7 heteroatoms. The van der Waals surface area contributed by atoms with Crippen molar-refractivity contribution < 1.29 is 28.8 Å². The molecule has 2 N–H and O–H groups in total. The molecule has 0 spiro atoms. The van der Waals surface area contributed by atoms with Crippen LogP contribution in [-0.4, -0.2) is 62.2 Å². The minimum Gasteiger partial charge on any atom is -0.444 e. The molecule has 1 aliphatic heterocycles. The zero-order valence-electron chi connectivity index (χ0n) is 16.6. The van der Waals surface area contributed by atoms with Crippen LogP contribution in [0.5, 0.6) is 0 Å². The number of ether oxygens (including phenoxy) is 4. The number of aliphatic hydroxyl groups is 1. The van der Waals surface area contributed by atoms with Crippen molar-refractivity contribution in [3.05, 3.63) is 0 Å². The Hall–Kier alpha value is -0.890. The van der Waals surface area contributed by atoms with E-state index in [1.54, 1.807) is 0 Å². The van der Waals surface area contributed by atoms with E-state index >= 15 is 0 Å². The SMILES string of the molecule is CC(C)(C)OC(=O)NCCCCCCOCC(CO)OC1CCCCO1. The standard InChI is InChI=1S/C19H37NO6/c1-19(2,3)26-18(22)20-11-7-4-5-8-12-23-15-16(14-21)25-17-10-6-9-13-24-17/h16-17,21H,4-15H2,1-3H3,(H,20,22). The third-order valence-electron chi connectivity index (χ3n) is 3.87. The van der Waals surface area contributed by atoms with Crippen molar-refractivity contribution in [3.63, 3.8) is 0 Å². The second-order valence-electron chi connectivity index (χ2n) is 7.65. The number of amides is 1. The van der Waals surface area contributed by atoms with Gasteiger partial charge in [-0.1, -0.05) is 12.8 Å². The van der Waals surface area contributed by atoms with E-state index in [1.165, 1.54) is 0 Å². The van der Waals surface area contributed by atoms with Crippen LogP contribution in [-0.2, 0) is 18.9 Å². The Balaban J connectivity index is 1.92. The van der Waals surface area contributed by atoms with Gasteiger partial charge in [0.2, 0.25) is 0 Å². The Bertz CT molecular complexity index is 366. The van der Waals surface area contributed by atoms with Crippen LogP contribution < -0.4 is 5.32 Å². The first-order chi connectivity index (χ1) is 12.4. The van der Waals surface area contributed by atoms with Crippen molar-refractivity contribution in [2.45, 2.75) is 83.7 Å². The molecule has 1 saturated heterocycles. The smallest absolute Gasteiger partial charge is 0.407 e. The summed E-state index contributed by atoms with van der Waals surface area (Å²) in [6.07, 6.45) is 6.09. The fourth-order valence-corrected chi connectivity index (χ4v) is 2.57. The molecule has 0 aliphatic carbocycles. The van der Waals surface area contributed by atoms with Gasteiger partial charge in [-0.3, -0.25) is 0 Å². The van der Waals surface area contributed by atoms with Gasteiger partial charge in [0.25, 0.3) is 0 Å². The Labute approximate surface area is 157 Å². The second kappa shape index (κ2) is 13.3. The van der Waals surface area contributed by atoms with Crippen molar-refractivity contribution >= 4 is 6.09 Å². The van der Waals surface area contributed by atoms with Crippen molar-refractivity contribution in [1.29, 1.82) is 0 Å². The molecule has 2 unspecified atom stereocenters. The first-order valence-electron chi connectivity index (χ1n) is 9.83. The summed E-state index contributed by atoms with van der Waals surface area (Å²) in [4.78, 5) is 11.5. The molecule has 2 atom stereocenters. The van der Waals surface area contributed by atoms with Gasteiger partial charge in [-0.25, -0.2) is 4.79 Å². The second-order valence-corrected chi connectivity index (χ2v) is 7.65. The molecule has 7 nitrogen and oxygen atoms in total. The van der Waals surface area contributed by atoms with Crippen LogP contribution in [0.1, 0.15) is 65.7 Å². The Kier molecular flexibility index (Phi) is 11.8. The van der Waals surface area contributed by atoms with Gasteiger partial charge in [-0.15, -0.1) is 0 Å². The highest BCUT2D eigenvalue weighted by Crippen LogP contribution is 2.15. The van der Waals surface area contributed by atoms with Gasteiger partial charge >= 0.3 is 6.09 Å². The maximum absolute atomic E-state index is 11.5. The van der Waals surface area contributed by atoms with Gasteiger partial charge in [0, 0.05) is 19.8 Å². The lowest BCUT2D eigenvalue weighted by Crippen LogP contribution is -2.33. The summed E-state index contributed by atoms with van der Waals surface area (Å²) in [5, 5.41) is 12.1. The summed E-state index contributed by atoms with van der Waals surface area (Å²) < 4.78 is 22.0. The van der Waals surface area contributed by atoms with E-state index < -0.39 is 5.60 Å². The van der Waals surface area contributed by atoms with Gasteiger partial charge in [0.1, 0.15) is 11.7 Å². The molecule has 26 heavy (non-hydrogen) atoms. The van der Waals surface area contributed by atoms with Crippen LogP contribution in [0.3, 0.4) is 0 Å². The minimum absolute atomic E-state index is 0.0593. The number of alkyl carbamates (subject to hydrolysis) is 1. The predicted octanol–water partition coefficient (Wildman–Crippen LogP) is 2.99. The number of unbranched alkanes of at least 4 members (excludes halogenated alkanes) is 3. The van der Waals surface area contributed by atoms with E-state index in [9.17, 15) is 9.90 Å². The average molecular weight is 376 g/mol. The van der Waals surface area contributed by atoms with Crippen LogP contribution in [0.4, 0.5) is 4.79 Å². The molecular formula is C19H37NO6. The quantitative estimate of drug-likeness (QED) is 0.510. The van der Waals surface area contributed by atoms with Crippen LogP contribution in [0.15, 0.2) is 0 Å². The average Bonchev–Trinajstić information content (AvgIpc) is 2.58. The van der Waals surface area contributed by atoms with E-state index in [0.717, 1.165) is 51.6 Å². The number of hydrogen-bond acceptors (Lipinski definition) is 6. The van der Waals surface area contributed by atoms with Gasteiger partial charge in [0.15, 0.2) is 6.29 Å². The number of rotatable bonds is 12. The van der Waals surface area contributed by atoms with E-state index in [2.05, 4.69) is 5.32 Å². The summed E-state index contributed by atoms with van der Waals surface area (Å²) in [6, 6.07) is 0. The summed E-state index contributed by atoms with van der Waals surface area (Å²) >= 11 is 0. The normalized spacial score (nSPS) is 19.2. The first-order valence-corrected chi connectivity index (χ1v) is 9.83. The zero-order chi connectivity index (χ0) is 19.3. The molecule has 1 fully saturated rings. The lowest BCUT2D eigenvalue weighted by atomic mass is 10.2. The highest BCUT2D eigenvalue weighted by atomic mass is 16.7. The number of aliphatic hydroxyl groups excluding tert-OH is 1. The maximum Gasteiger partial charge on any atom is 0.407 e. The Morgan fingerprint density at radius 2 is 2.00 bits per heavy atom. The van der Waals surface area contributed by atoms with Crippen molar-refractivity contribution in [1.82, 2.24) is 5.32 Å². The van der Waals surface area contributed by atoms with Crippen LogP contribution in [0.25, 0.3) is 0 Å². The third-order valence-corrected chi connectivity index (χ3v) is 3.87. The molecular weight excluding hydrogens is 338 g/mol. The molecule has 0 radical (unpaired) electrons. The van der Waals surface area contributed by atoms with Crippen molar-refractivity contribution in [2.75, 3.05) is 33.0 Å².